The van der Waals surface area contributed by atoms with Crippen molar-refractivity contribution in [3.05, 3.63) is 82.9 Å². The Labute approximate surface area is 189 Å². The summed E-state index contributed by atoms with van der Waals surface area (Å²) >= 11 is 0. The normalized spacial score (nSPS) is 15.8. The van der Waals surface area contributed by atoms with Gasteiger partial charge >= 0.3 is 0 Å². The molecule has 0 spiro atoms. The van der Waals surface area contributed by atoms with Crippen LogP contribution in [0.3, 0.4) is 0 Å². The minimum Gasteiger partial charge on any atom is -0.493 e. The Hall–Kier alpha value is -2.87. The van der Waals surface area contributed by atoms with Gasteiger partial charge in [0.2, 0.25) is 10.0 Å². The molecule has 0 saturated heterocycles. The van der Waals surface area contributed by atoms with E-state index in [9.17, 15) is 8.42 Å². The van der Waals surface area contributed by atoms with Gasteiger partial charge in [0.25, 0.3) is 0 Å². The second-order valence-corrected chi connectivity index (χ2v) is 9.64. The predicted octanol–water partition coefficient (Wildman–Crippen LogP) is 3.59. The van der Waals surface area contributed by atoms with Gasteiger partial charge in [-0.1, -0.05) is 48.5 Å². The van der Waals surface area contributed by atoms with E-state index in [1.165, 1.54) is 16.7 Å². The first-order chi connectivity index (χ1) is 15.4. The summed E-state index contributed by atoms with van der Waals surface area (Å²) in [6.45, 7) is 0.909. The van der Waals surface area contributed by atoms with Crippen LogP contribution < -0.4 is 19.9 Å². The highest BCUT2D eigenvalue weighted by Crippen LogP contribution is 2.36. The van der Waals surface area contributed by atoms with Crippen molar-refractivity contribution in [3.63, 3.8) is 0 Å². The fourth-order valence-corrected chi connectivity index (χ4v) is 5.04. The van der Waals surface area contributed by atoms with Gasteiger partial charge in [-0.3, -0.25) is 0 Å². The zero-order chi connectivity index (χ0) is 22.7. The molecule has 1 unspecified atom stereocenters. The third kappa shape index (κ3) is 4.96. The van der Waals surface area contributed by atoms with Gasteiger partial charge < -0.3 is 14.8 Å². The smallest absolute Gasteiger partial charge is 0.213 e. The maximum absolute atomic E-state index is 11.6. The summed E-state index contributed by atoms with van der Waals surface area (Å²) in [6.07, 6.45) is 1.79. The lowest BCUT2D eigenvalue weighted by Gasteiger charge is -2.28. The van der Waals surface area contributed by atoms with Crippen LogP contribution in [0.5, 0.6) is 11.5 Å². The van der Waals surface area contributed by atoms with E-state index >= 15 is 0 Å². The molecule has 3 aromatic rings. The SMILES string of the molecule is COc1cc2c(cc1OC)C(Cc1ccc(-c3ccccc3CS(N)(=O)=O)cc1)NCC2. The number of benzene rings is 3. The maximum Gasteiger partial charge on any atom is 0.213 e. The zero-order valence-corrected chi connectivity index (χ0v) is 19.1. The first-order valence-corrected chi connectivity index (χ1v) is 12.3. The van der Waals surface area contributed by atoms with E-state index in [-0.39, 0.29) is 11.8 Å². The molecule has 1 heterocycles. The van der Waals surface area contributed by atoms with E-state index in [0.717, 1.165) is 42.0 Å². The van der Waals surface area contributed by atoms with E-state index in [1.54, 1.807) is 20.3 Å². The molecule has 0 aliphatic carbocycles. The molecule has 0 aromatic heterocycles. The van der Waals surface area contributed by atoms with Crippen molar-refractivity contribution in [2.24, 2.45) is 5.14 Å². The molecule has 1 aliphatic rings. The van der Waals surface area contributed by atoms with Crippen LogP contribution >= 0.6 is 0 Å². The van der Waals surface area contributed by atoms with Crippen molar-refractivity contribution in [1.29, 1.82) is 0 Å². The lowest BCUT2D eigenvalue weighted by atomic mass is 9.89. The highest BCUT2D eigenvalue weighted by Gasteiger charge is 2.23. The molecule has 3 aromatic carbocycles. The summed E-state index contributed by atoms with van der Waals surface area (Å²) < 4.78 is 34.2. The molecule has 0 radical (unpaired) electrons. The molecule has 0 saturated carbocycles. The molecule has 3 N–H and O–H groups in total. The minimum atomic E-state index is -3.60. The predicted molar refractivity (Wildman–Crippen MR) is 126 cm³/mol. The van der Waals surface area contributed by atoms with Crippen molar-refractivity contribution in [3.8, 4) is 22.6 Å². The monoisotopic (exact) mass is 452 g/mol. The Morgan fingerprint density at radius 3 is 2.38 bits per heavy atom. The molecule has 168 valence electrons. The third-order valence-corrected chi connectivity index (χ3v) is 6.60. The van der Waals surface area contributed by atoms with Gasteiger partial charge in [0.15, 0.2) is 11.5 Å². The van der Waals surface area contributed by atoms with Gasteiger partial charge in [0.05, 0.1) is 20.0 Å². The van der Waals surface area contributed by atoms with Crippen LogP contribution in [0.1, 0.15) is 28.3 Å². The molecular formula is C25H28N2O4S. The number of nitrogens with two attached hydrogens (primary N) is 1. The number of fused-ring (bicyclic) bond motifs is 1. The number of hydrogen-bond donors (Lipinski definition) is 2. The van der Waals surface area contributed by atoms with Crippen molar-refractivity contribution >= 4 is 10.0 Å². The summed E-state index contributed by atoms with van der Waals surface area (Å²) in [5.74, 6) is 1.31. The highest BCUT2D eigenvalue weighted by molar-refractivity contribution is 7.88. The molecular weight excluding hydrogens is 424 g/mol. The van der Waals surface area contributed by atoms with Crippen molar-refractivity contribution in [2.45, 2.75) is 24.6 Å². The van der Waals surface area contributed by atoms with Crippen molar-refractivity contribution < 1.29 is 17.9 Å². The lowest BCUT2D eigenvalue weighted by molar-refractivity contribution is 0.352. The average Bonchev–Trinajstić information content (AvgIpc) is 2.78. The van der Waals surface area contributed by atoms with Gasteiger partial charge in [0, 0.05) is 6.04 Å². The van der Waals surface area contributed by atoms with Crippen LogP contribution in [0, 0.1) is 0 Å². The van der Waals surface area contributed by atoms with Crippen LogP contribution in [0.4, 0.5) is 0 Å². The molecule has 7 heteroatoms. The Morgan fingerprint density at radius 1 is 1.00 bits per heavy atom. The first-order valence-electron chi connectivity index (χ1n) is 10.5. The average molecular weight is 453 g/mol. The molecule has 6 nitrogen and oxygen atoms in total. The number of nitrogens with one attached hydrogen (secondary N) is 1. The van der Waals surface area contributed by atoms with E-state index in [0.29, 0.717) is 5.56 Å². The van der Waals surface area contributed by atoms with Gasteiger partial charge in [-0.15, -0.1) is 0 Å². The summed E-state index contributed by atoms with van der Waals surface area (Å²) in [5, 5.41) is 8.89. The number of rotatable bonds is 7. The van der Waals surface area contributed by atoms with Crippen molar-refractivity contribution in [1.82, 2.24) is 5.32 Å². The zero-order valence-electron chi connectivity index (χ0n) is 18.3. The number of methoxy groups -OCH3 is 2. The highest BCUT2D eigenvalue weighted by atomic mass is 32.2. The Bertz CT molecular complexity index is 1210. The first kappa shape index (κ1) is 22.3. The maximum atomic E-state index is 11.6. The second kappa shape index (κ2) is 9.32. The standard InChI is InChI=1S/C25H28N2O4S/c1-30-24-14-19-11-12-27-23(22(19)15-25(24)31-2)13-17-7-9-18(10-8-17)21-6-4-3-5-20(21)16-32(26,28)29/h3-10,14-15,23,27H,11-13,16H2,1-2H3,(H2,26,28,29). The second-order valence-electron chi connectivity index (χ2n) is 8.03. The topological polar surface area (TPSA) is 90.7 Å². The van der Waals surface area contributed by atoms with Crippen LogP contribution in [-0.2, 0) is 28.6 Å². The van der Waals surface area contributed by atoms with Gasteiger partial charge in [-0.2, -0.15) is 0 Å². The Kier molecular flexibility index (Phi) is 6.50. The molecule has 32 heavy (non-hydrogen) atoms. The summed E-state index contributed by atoms with van der Waals surface area (Å²) in [6, 6.07) is 20.1. The van der Waals surface area contributed by atoms with Crippen LogP contribution in [0.2, 0.25) is 0 Å². The molecule has 0 fully saturated rings. The summed E-state index contributed by atoms with van der Waals surface area (Å²) in [7, 11) is -0.289. The quantitative estimate of drug-likeness (QED) is 0.572. The molecule has 1 atom stereocenters. The van der Waals surface area contributed by atoms with E-state index < -0.39 is 10.0 Å². The van der Waals surface area contributed by atoms with Crippen LogP contribution in [0.15, 0.2) is 60.7 Å². The van der Waals surface area contributed by atoms with Crippen LogP contribution in [0.25, 0.3) is 11.1 Å². The van der Waals surface area contributed by atoms with Crippen molar-refractivity contribution in [2.75, 3.05) is 20.8 Å². The number of ether oxygens (including phenoxy) is 2. The minimum absolute atomic E-state index is 0.180. The fourth-order valence-electron chi connectivity index (χ4n) is 4.35. The summed E-state index contributed by atoms with van der Waals surface area (Å²) in [4.78, 5) is 0. The Morgan fingerprint density at radius 2 is 1.69 bits per heavy atom. The number of primary sulfonamides is 1. The number of hydrogen-bond acceptors (Lipinski definition) is 5. The lowest BCUT2D eigenvalue weighted by Crippen LogP contribution is -2.31. The molecule has 1 aliphatic heterocycles. The largest absolute Gasteiger partial charge is 0.493 e. The van der Waals surface area contributed by atoms with E-state index in [2.05, 4.69) is 29.6 Å². The Balaban J connectivity index is 1.58. The van der Waals surface area contributed by atoms with Gasteiger partial charge in [0.1, 0.15) is 0 Å². The van der Waals surface area contributed by atoms with Crippen LogP contribution in [-0.4, -0.2) is 29.2 Å². The van der Waals surface area contributed by atoms with Gasteiger partial charge in [-0.25, -0.2) is 13.6 Å². The molecule has 0 bridgehead atoms. The molecule has 4 rings (SSSR count). The molecule has 0 amide bonds. The summed E-state index contributed by atoms with van der Waals surface area (Å²) in [5.41, 5.74) is 6.25. The van der Waals surface area contributed by atoms with E-state index in [4.69, 9.17) is 14.6 Å². The fraction of sp³-hybridized carbons (Fsp3) is 0.280. The van der Waals surface area contributed by atoms with Gasteiger partial charge in [-0.05, 0) is 64.9 Å². The third-order valence-electron chi connectivity index (χ3n) is 5.88. The number of sulfonamides is 1. The van der Waals surface area contributed by atoms with E-state index in [1.807, 2.05) is 30.3 Å².